The number of benzene rings is 3. The van der Waals surface area contributed by atoms with Crippen molar-refractivity contribution in [3.05, 3.63) is 83.0 Å². The zero-order valence-corrected chi connectivity index (χ0v) is 26.3. The second-order valence-electron chi connectivity index (χ2n) is 11.1. The molecule has 4 aromatic rings. The van der Waals surface area contributed by atoms with E-state index in [0.717, 1.165) is 16.7 Å². The van der Waals surface area contributed by atoms with Crippen LogP contribution in [-0.2, 0) is 30.7 Å². The summed E-state index contributed by atoms with van der Waals surface area (Å²) < 4.78 is 55.1. The minimum Gasteiger partial charge on any atom is -0.495 e. The number of hydrogen-bond donors (Lipinski definition) is 1. The first kappa shape index (κ1) is 30.7. The SMILES string of the molecule is COc1ccc(NC(=O)COC(=O)c2c3c(nc4ccccc24)/C(=C/c2ccc4c(c2)OCO4)CC3)cc1S(=O)(=O)N1CCOCC1. The van der Waals surface area contributed by atoms with Gasteiger partial charge < -0.3 is 29.0 Å². The lowest BCUT2D eigenvalue weighted by Gasteiger charge is -2.26. The minimum absolute atomic E-state index is 0.0832. The number of esters is 1. The third kappa shape index (κ3) is 6.00. The van der Waals surface area contributed by atoms with Gasteiger partial charge in [0.05, 0.1) is 37.1 Å². The fraction of sp³-hybridized carbons (Fsp3) is 0.265. The summed E-state index contributed by atoms with van der Waals surface area (Å²) in [6, 6.07) is 17.4. The van der Waals surface area contributed by atoms with Gasteiger partial charge in [-0.1, -0.05) is 24.3 Å². The summed E-state index contributed by atoms with van der Waals surface area (Å²) >= 11 is 0. The molecule has 0 radical (unpaired) electrons. The number of fused-ring (bicyclic) bond motifs is 3. The zero-order valence-electron chi connectivity index (χ0n) is 25.5. The molecule has 0 unspecified atom stereocenters. The van der Waals surface area contributed by atoms with E-state index < -0.39 is 28.5 Å². The molecule has 3 aliphatic rings. The van der Waals surface area contributed by atoms with Gasteiger partial charge in [-0.3, -0.25) is 4.79 Å². The van der Waals surface area contributed by atoms with E-state index in [1.165, 1.54) is 29.6 Å². The normalized spacial score (nSPS) is 16.7. The van der Waals surface area contributed by atoms with Gasteiger partial charge in [0.25, 0.3) is 5.91 Å². The number of carbonyl (C=O) groups is 2. The lowest BCUT2D eigenvalue weighted by atomic mass is 10.0. The molecule has 1 aliphatic carbocycles. The maximum absolute atomic E-state index is 13.6. The number of anilines is 1. The summed E-state index contributed by atoms with van der Waals surface area (Å²) in [6.07, 6.45) is 3.27. The first-order valence-corrected chi connectivity index (χ1v) is 16.5. The predicted molar refractivity (Wildman–Crippen MR) is 172 cm³/mol. The van der Waals surface area contributed by atoms with Crippen LogP contribution in [0.2, 0.25) is 0 Å². The van der Waals surface area contributed by atoms with Crippen LogP contribution in [0.25, 0.3) is 22.6 Å². The molecule has 3 aromatic carbocycles. The zero-order chi connectivity index (χ0) is 32.5. The van der Waals surface area contributed by atoms with Crippen molar-refractivity contribution in [3.8, 4) is 17.2 Å². The lowest BCUT2D eigenvalue weighted by Crippen LogP contribution is -2.40. The Morgan fingerprint density at radius 3 is 2.64 bits per heavy atom. The number of sulfonamides is 1. The number of para-hydroxylation sites is 1. The van der Waals surface area contributed by atoms with Gasteiger partial charge in [0.1, 0.15) is 10.6 Å². The maximum Gasteiger partial charge on any atom is 0.339 e. The largest absolute Gasteiger partial charge is 0.495 e. The van der Waals surface area contributed by atoms with E-state index in [0.29, 0.717) is 46.5 Å². The Bertz CT molecular complexity index is 2040. The van der Waals surface area contributed by atoms with Crippen LogP contribution in [0.4, 0.5) is 5.69 Å². The van der Waals surface area contributed by atoms with Crippen LogP contribution in [0, 0.1) is 0 Å². The average molecular weight is 658 g/mol. The van der Waals surface area contributed by atoms with E-state index in [1.54, 1.807) is 0 Å². The Kier molecular flexibility index (Phi) is 8.26. The predicted octanol–water partition coefficient (Wildman–Crippen LogP) is 4.28. The van der Waals surface area contributed by atoms with Gasteiger partial charge in [-0.25, -0.2) is 18.2 Å². The fourth-order valence-corrected chi connectivity index (χ4v) is 7.59. The molecule has 3 heterocycles. The summed E-state index contributed by atoms with van der Waals surface area (Å²) in [7, 11) is -2.53. The van der Waals surface area contributed by atoms with Crippen molar-refractivity contribution in [1.82, 2.24) is 9.29 Å². The summed E-state index contributed by atoms with van der Waals surface area (Å²) in [5.41, 5.74) is 4.58. The van der Waals surface area contributed by atoms with Gasteiger partial charge in [-0.15, -0.1) is 0 Å². The van der Waals surface area contributed by atoms with Crippen LogP contribution >= 0.6 is 0 Å². The smallest absolute Gasteiger partial charge is 0.339 e. The number of amides is 1. The molecule has 0 saturated carbocycles. The molecule has 1 amide bonds. The number of allylic oxidation sites excluding steroid dienone is 1. The molecule has 47 heavy (non-hydrogen) atoms. The monoisotopic (exact) mass is 657 g/mol. The number of ether oxygens (including phenoxy) is 5. The third-order valence-electron chi connectivity index (χ3n) is 8.25. The van der Waals surface area contributed by atoms with E-state index in [9.17, 15) is 18.0 Å². The van der Waals surface area contributed by atoms with Crippen molar-refractivity contribution in [2.45, 2.75) is 17.7 Å². The van der Waals surface area contributed by atoms with Gasteiger partial charge in [-0.05, 0) is 72.0 Å². The van der Waals surface area contributed by atoms with E-state index in [-0.39, 0.29) is 49.4 Å². The maximum atomic E-state index is 13.6. The number of carbonyl (C=O) groups excluding carboxylic acids is 2. The summed E-state index contributed by atoms with van der Waals surface area (Å²) in [5, 5.41) is 3.27. The van der Waals surface area contributed by atoms with Crippen molar-refractivity contribution in [2.24, 2.45) is 0 Å². The van der Waals surface area contributed by atoms with Gasteiger partial charge in [-0.2, -0.15) is 4.31 Å². The van der Waals surface area contributed by atoms with E-state index in [2.05, 4.69) is 5.32 Å². The highest BCUT2D eigenvalue weighted by atomic mass is 32.2. The van der Waals surface area contributed by atoms with Crippen LogP contribution in [0.3, 0.4) is 0 Å². The summed E-state index contributed by atoms with van der Waals surface area (Å²) in [6.45, 7) is 0.602. The van der Waals surface area contributed by atoms with Gasteiger partial charge in [0, 0.05) is 24.2 Å². The molecule has 1 aromatic heterocycles. The highest BCUT2D eigenvalue weighted by Gasteiger charge is 2.31. The molecule has 0 spiro atoms. The second kappa shape index (κ2) is 12.7. The Labute approximate surface area is 270 Å². The highest BCUT2D eigenvalue weighted by molar-refractivity contribution is 7.89. The molecule has 2 aliphatic heterocycles. The number of aromatic nitrogens is 1. The number of hydrogen-bond acceptors (Lipinski definition) is 10. The standard InChI is InChI=1S/C34H31N3O9S/c1-42-28-11-8-23(18-30(28)47(40,41)37-12-14-43-15-13-37)35-31(38)19-44-34(39)32-24-4-2-3-5-26(24)36-33-22(7-9-25(32)33)16-21-6-10-27-29(17-21)46-20-45-27/h2-6,8,10-11,16-18H,7,9,12-15,19-20H2,1H3,(H,35,38)/b22-16+. The van der Waals surface area contributed by atoms with Crippen LogP contribution in [-0.4, -0.2) is 76.4 Å². The van der Waals surface area contributed by atoms with Crippen molar-refractivity contribution >= 4 is 50.1 Å². The molecular weight excluding hydrogens is 626 g/mol. The molecular formula is C34H31N3O9S. The minimum atomic E-state index is -3.91. The summed E-state index contributed by atoms with van der Waals surface area (Å²) in [5.74, 6) is 0.242. The Balaban J connectivity index is 1.10. The Hall–Kier alpha value is -4.98. The lowest BCUT2D eigenvalue weighted by molar-refractivity contribution is -0.119. The van der Waals surface area contributed by atoms with E-state index in [4.69, 9.17) is 28.7 Å². The number of morpholine rings is 1. The quantitative estimate of drug-likeness (QED) is 0.273. The molecule has 7 rings (SSSR count). The van der Waals surface area contributed by atoms with Crippen molar-refractivity contribution in [2.75, 3.05) is 52.1 Å². The molecule has 1 fully saturated rings. The van der Waals surface area contributed by atoms with Gasteiger partial charge in [0.15, 0.2) is 18.1 Å². The van der Waals surface area contributed by atoms with Crippen LogP contribution in [0.15, 0.2) is 65.6 Å². The molecule has 1 saturated heterocycles. The van der Waals surface area contributed by atoms with Crippen molar-refractivity contribution in [1.29, 1.82) is 0 Å². The number of methoxy groups -OCH3 is 1. The molecule has 1 N–H and O–H groups in total. The van der Waals surface area contributed by atoms with Gasteiger partial charge >= 0.3 is 5.97 Å². The first-order valence-electron chi connectivity index (χ1n) is 15.1. The molecule has 12 nitrogen and oxygen atoms in total. The number of nitrogens with one attached hydrogen (secondary N) is 1. The summed E-state index contributed by atoms with van der Waals surface area (Å²) in [4.78, 5) is 31.4. The topological polar surface area (TPSA) is 143 Å². The third-order valence-corrected chi connectivity index (χ3v) is 10.2. The second-order valence-corrected chi connectivity index (χ2v) is 13.0. The fourth-order valence-electron chi connectivity index (χ4n) is 6.00. The van der Waals surface area contributed by atoms with Crippen LogP contribution in [0.5, 0.6) is 17.2 Å². The van der Waals surface area contributed by atoms with Gasteiger partial charge in [0.2, 0.25) is 16.8 Å². The molecule has 242 valence electrons. The van der Waals surface area contributed by atoms with Crippen LogP contribution in [0.1, 0.15) is 33.6 Å². The number of pyridine rings is 1. The number of rotatable bonds is 8. The van der Waals surface area contributed by atoms with Crippen molar-refractivity contribution in [3.63, 3.8) is 0 Å². The Morgan fingerprint density at radius 1 is 1.00 bits per heavy atom. The van der Waals surface area contributed by atoms with Crippen LogP contribution < -0.4 is 19.5 Å². The molecule has 0 bridgehead atoms. The van der Waals surface area contributed by atoms with E-state index in [1.807, 2.05) is 48.5 Å². The van der Waals surface area contributed by atoms with E-state index >= 15 is 0 Å². The van der Waals surface area contributed by atoms with Crippen molar-refractivity contribution < 1.29 is 41.7 Å². The average Bonchev–Trinajstić information content (AvgIpc) is 3.73. The number of nitrogens with zero attached hydrogens (tertiary/aromatic N) is 2. The molecule has 13 heteroatoms. The first-order chi connectivity index (χ1) is 22.8. The highest BCUT2D eigenvalue weighted by Crippen LogP contribution is 2.39. The Morgan fingerprint density at radius 2 is 1.81 bits per heavy atom. The molecule has 0 atom stereocenters.